The maximum Gasteiger partial charge on any atom is 0.208 e. The number of aliphatic hydroxyl groups is 1. The van der Waals surface area contributed by atoms with Crippen molar-refractivity contribution in [1.82, 2.24) is 5.32 Å². The van der Waals surface area contributed by atoms with Crippen LogP contribution in [0.2, 0.25) is 0 Å². The van der Waals surface area contributed by atoms with Crippen LogP contribution in [0.5, 0.6) is 0 Å². The van der Waals surface area contributed by atoms with Gasteiger partial charge < -0.3 is 15.2 Å². The first-order valence-corrected chi connectivity index (χ1v) is 7.21. The van der Waals surface area contributed by atoms with Crippen LogP contribution in [0.3, 0.4) is 0 Å². The Hall–Kier alpha value is -0.970. The molecule has 0 radical (unpaired) electrons. The van der Waals surface area contributed by atoms with Gasteiger partial charge in [-0.15, -0.1) is 0 Å². The summed E-state index contributed by atoms with van der Waals surface area (Å²) in [5.41, 5.74) is 1.05. The summed E-state index contributed by atoms with van der Waals surface area (Å²) in [5, 5.41) is 14.2. The van der Waals surface area contributed by atoms with E-state index in [1.165, 1.54) is 6.07 Å². The lowest BCUT2D eigenvalue weighted by molar-refractivity contribution is -0.263. The first-order valence-electron chi connectivity index (χ1n) is 7.21. The molecule has 1 aromatic rings. The summed E-state index contributed by atoms with van der Waals surface area (Å²) < 4.78 is 19.5. The Bertz CT molecular complexity index is 489. The number of hydrogen-bond acceptors (Lipinski definition) is 3. The standard InChI is InChI=1S/C16H24FNO2/c1-5-6-12-9-13(7-8-14(12)17)16(19)11(2)18-15(3,4)10-20-16/h7-9,11,18-19H,5-6,10H2,1-4H3. The summed E-state index contributed by atoms with van der Waals surface area (Å²) in [5.74, 6) is -1.64. The Morgan fingerprint density at radius 2 is 2.15 bits per heavy atom. The van der Waals surface area contributed by atoms with Crippen molar-refractivity contribution in [3.63, 3.8) is 0 Å². The Morgan fingerprint density at radius 1 is 1.45 bits per heavy atom. The Kier molecular flexibility index (Phi) is 4.19. The van der Waals surface area contributed by atoms with Crippen molar-refractivity contribution < 1.29 is 14.2 Å². The molecule has 1 aliphatic heterocycles. The van der Waals surface area contributed by atoms with E-state index < -0.39 is 5.79 Å². The van der Waals surface area contributed by atoms with Crippen LogP contribution < -0.4 is 5.32 Å². The minimum atomic E-state index is -1.41. The average Bonchev–Trinajstić information content (AvgIpc) is 2.37. The number of rotatable bonds is 3. The van der Waals surface area contributed by atoms with Crippen molar-refractivity contribution in [1.29, 1.82) is 0 Å². The summed E-state index contributed by atoms with van der Waals surface area (Å²) in [6.45, 7) is 8.33. The van der Waals surface area contributed by atoms with E-state index in [9.17, 15) is 9.50 Å². The van der Waals surface area contributed by atoms with Gasteiger partial charge in [0.2, 0.25) is 5.79 Å². The molecule has 4 heteroatoms. The summed E-state index contributed by atoms with van der Waals surface area (Å²) in [7, 11) is 0. The van der Waals surface area contributed by atoms with Gasteiger partial charge in [-0.2, -0.15) is 0 Å². The molecule has 0 bridgehead atoms. The third-order valence-electron chi connectivity index (χ3n) is 3.83. The third-order valence-corrected chi connectivity index (χ3v) is 3.83. The minimum Gasteiger partial charge on any atom is -0.361 e. The highest BCUT2D eigenvalue weighted by Gasteiger charge is 2.44. The molecule has 3 nitrogen and oxygen atoms in total. The van der Waals surface area contributed by atoms with E-state index in [-0.39, 0.29) is 17.4 Å². The molecule has 2 rings (SSSR count). The number of nitrogens with one attached hydrogen (secondary N) is 1. The van der Waals surface area contributed by atoms with E-state index in [1.807, 2.05) is 27.7 Å². The van der Waals surface area contributed by atoms with E-state index in [2.05, 4.69) is 5.32 Å². The molecule has 0 aromatic heterocycles. The fraction of sp³-hybridized carbons (Fsp3) is 0.625. The average molecular weight is 281 g/mol. The molecular weight excluding hydrogens is 257 g/mol. The third kappa shape index (κ3) is 2.87. The van der Waals surface area contributed by atoms with Gasteiger partial charge in [-0.25, -0.2) is 4.39 Å². The van der Waals surface area contributed by atoms with Gasteiger partial charge in [-0.05, 0) is 44.9 Å². The van der Waals surface area contributed by atoms with Crippen molar-refractivity contribution in [2.24, 2.45) is 0 Å². The monoisotopic (exact) mass is 281 g/mol. The van der Waals surface area contributed by atoms with Crippen molar-refractivity contribution in [3.05, 3.63) is 35.1 Å². The highest BCUT2D eigenvalue weighted by molar-refractivity contribution is 5.30. The first kappa shape index (κ1) is 15.4. The van der Waals surface area contributed by atoms with Gasteiger partial charge in [0.05, 0.1) is 12.6 Å². The molecule has 0 saturated carbocycles. The van der Waals surface area contributed by atoms with Gasteiger partial charge >= 0.3 is 0 Å². The smallest absolute Gasteiger partial charge is 0.208 e. The molecule has 1 aromatic carbocycles. The number of ether oxygens (including phenoxy) is 1. The topological polar surface area (TPSA) is 41.5 Å². The number of morpholine rings is 1. The van der Waals surface area contributed by atoms with Crippen LogP contribution in [0.1, 0.15) is 45.2 Å². The van der Waals surface area contributed by atoms with Crippen molar-refractivity contribution in [2.45, 2.75) is 57.9 Å². The zero-order valence-corrected chi connectivity index (χ0v) is 12.7. The van der Waals surface area contributed by atoms with Crippen LogP contribution >= 0.6 is 0 Å². The van der Waals surface area contributed by atoms with Crippen molar-refractivity contribution in [2.75, 3.05) is 6.61 Å². The lowest BCUT2D eigenvalue weighted by atomic mass is 9.91. The predicted molar refractivity (Wildman–Crippen MR) is 76.9 cm³/mol. The van der Waals surface area contributed by atoms with E-state index in [4.69, 9.17) is 4.74 Å². The highest BCUT2D eigenvalue weighted by Crippen LogP contribution is 2.33. The molecule has 112 valence electrons. The second kappa shape index (κ2) is 5.43. The molecule has 1 aliphatic rings. The Labute approximate surface area is 120 Å². The fourth-order valence-corrected chi connectivity index (χ4v) is 2.73. The lowest BCUT2D eigenvalue weighted by Crippen LogP contribution is -2.63. The SMILES string of the molecule is CCCc1cc(C2(O)OCC(C)(C)NC2C)ccc1F. The molecular formula is C16H24FNO2. The summed E-state index contributed by atoms with van der Waals surface area (Å²) >= 11 is 0. The second-order valence-corrected chi connectivity index (χ2v) is 6.29. The van der Waals surface area contributed by atoms with Crippen molar-refractivity contribution in [3.8, 4) is 0 Å². The molecule has 1 saturated heterocycles. The summed E-state index contributed by atoms with van der Waals surface area (Å²) in [6, 6.07) is 4.46. The maximum absolute atomic E-state index is 13.7. The van der Waals surface area contributed by atoms with Gasteiger partial charge in [0.15, 0.2) is 0 Å². The van der Waals surface area contributed by atoms with Crippen molar-refractivity contribution >= 4 is 0 Å². The van der Waals surface area contributed by atoms with Crippen LogP contribution in [0.4, 0.5) is 4.39 Å². The molecule has 2 unspecified atom stereocenters. The van der Waals surface area contributed by atoms with E-state index in [0.29, 0.717) is 24.2 Å². The minimum absolute atomic E-state index is 0.183. The number of halogens is 1. The van der Waals surface area contributed by atoms with E-state index >= 15 is 0 Å². The molecule has 2 atom stereocenters. The quantitative estimate of drug-likeness (QED) is 0.895. The lowest BCUT2D eigenvalue weighted by Gasteiger charge is -2.46. The number of benzene rings is 1. The van der Waals surface area contributed by atoms with Gasteiger partial charge in [0.25, 0.3) is 0 Å². The second-order valence-electron chi connectivity index (χ2n) is 6.29. The summed E-state index contributed by atoms with van der Waals surface area (Å²) in [4.78, 5) is 0. The first-order chi connectivity index (χ1) is 9.28. The van der Waals surface area contributed by atoms with Gasteiger partial charge in [0, 0.05) is 11.1 Å². The van der Waals surface area contributed by atoms with Crippen LogP contribution in [0.25, 0.3) is 0 Å². The number of aryl methyl sites for hydroxylation is 1. The zero-order valence-electron chi connectivity index (χ0n) is 12.7. The van der Waals surface area contributed by atoms with Crippen LogP contribution in [-0.4, -0.2) is 23.3 Å². The predicted octanol–water partition coefficient (Wildman–Crippen LogP) is 2.71. The molecule has 20 heavy (non-hydrogen) atoms. The zero-order chi connectivity index (χ0) is 15.0. The fourth-order valence-electron chi connectivity index (χ4n) is 2.73. The van der Waals surface area contributed by atoms with Gasteiger partial charge in [0.1, 0.15) is 5.82 Å². The van der Waals surface area contributed by atoms with Crippen LogP contribution in [-0.2, 0) is 16.9 Å². The normalized spacial score (nSPS) is 29.4. The van der Waals surface area contributed by atoms with Crippen LogP contribution in [0.15, 0.2) is 18.2 Å². The largest absolute Gasteiger partial charge is 0.361 e. The van der Waals surface area contributed by atoms with E-state index in [0.717, 1.165) is 6.42 Å². The van der Waals surface area contributed by atoms with Gasteiger partial charge in [-0.3, -0.25) is 0 Å². The molecule has 0 spiro atoms. The molecule has 2 N–H and O–H groups in total. The number of hydrogen-bond donors (Lipinski definition) is 2. The Morgan fingerprint density at radius 3 is 2.75 bits per heavy atom. The molecule has 0 amide bonds. The molecule has 1 heterocycles. The molecule has 0 aliphatic carbocycles. The molecule has 1 fully saturated rings. The van der Waals surface area contributed by atoms with Gasteiger partial charge in [-0.1, -0.05) is 19.4 Å². The Balaban J connectivity index is 2.32. The van der Waals surface area contributed by atoms with Crippen LogP contribution in [0, 0.1) is 5.82 Å². The maximum atomic E-state index is 13.7. The highest BCUT2D eigenvalue weighted by atomic mass is 19.1. The summed E-state index contributed by atoms with van der Waals surface area (Å²) in [6.07, 6.45) is 1.52. The van der Waals surface area contributed by atoms with E-state index in [1.54, 1.807) is 12.1 Å².